The molecular weight excluding hydrogens is 550 g/mol. The second-order valence-electron chi connectivity index (χ2n) is 15.1. The minimum Gasteiger partial charge on any atom is -0.465 e. The van der Waals surface area contributed by atoms with Crippen molar-refractivity contribution in [2.75, 3.05) is 26.7 Å². The summed E-state index contributed by atoms with van der Waals surface area (Å²) in [6.07, 6.45) is 37.5. The van der Waals surface area contributed by atoms with E-state index in [2.05, 4.69) is 39.3 Å². The Kier molecular flexibility index (Phi) is 28.6. The van der Waals surface area contributed by atoms with Crippen molar-refractivity contribution in [3.63, 3.8) is 0 Å². The number of carbonyl (C=O) groups excluding carboxylic acids is 1. The molecule has 0 spiro atoms. The molecule has 1 fully saturated rings. The molecule has 1 saturated heterocycles. The third-order valence-corrected chi connectivity index (χ3v) is 10.7. The second-order valence-corrected chi connectivity index (χ2v) is 15.1. The molecule has 1 aliphatic heterocycles. The Hall–Kier alpha value is -0.830. The summed E-state index contributed by atoms with van der Waals surface area (Å²) < 4.78 is 5.76. The highest BCUT2D eigenvalue weighted by Gasteiger charge is 2.21. The van der Waals surface area contributed by atoms with Gasteiger partial charge in [-0.05, 0) is 76.4 Å². The van der Waals surface area contributed by atoms with E-state index >= 15 is 0 Å². The number of nitrogens with zero attached hydrogens (tertiary/aromatic N) is 1. The smallest absolute Gasteiger partial charge is 0.305 e. The van der Waals surface area contributed by atoms with Gasteiger partial charge in [0.2, 0.25) is 0 Å². The molecule has 0 aromatic heterocycles. The Balaban J connectivity index is 2.24. The minimum absolute atomic E-state index is 0.0395. The van der Waals surface area contributed by atoms with Crippen molar-refractivity contribution in [3.05, 3.63) is 12.2 Å². The van der Waals surface area contributed by atoms with Gasteiger partial charge >= 0.3 is 5.97 Å². The molecule has 3 nitrogen and oxygen atoms in total. The number of hydrogen-bond acceptors (Lipinski definition) is 3. The van der Waals surface area contributed by atoms with Crippen LogP contribution in [0.15, 0.2) is 12.2 Å². The van der Waals surface area contributed by atoms with E-state index in [0.717, 1.165) is 18.3 Å². The van der Waals surface area contributed by atoms with Crippen LogP contribution in [0, 0.1) is 17.8 Å². The Morgan fingerprint density at radius 1 is 0.622 bits per heavy atom. The van der Waals surface area contributed by atoms with E-state index < -0.39 is 0 Å². The molecule has 2 unspecified atom stereocenters. The highest BCUT2D eigenvalue weighted by Crippen LogP contribution is 2.32. The molecule has 266 valence electrons. The van der Waals surface area contributed by atoms with Crippen LogP contribution in [0.25, 0.3) is 0 Å². The molecular formula is C42H81NO2. The Morgan fingerprint density at radius 2 is 1.02 bits per heavy atom. The average molecular weight is 632 g/mol. The minimum atomic E-state index is 0.0395. The first-order valence-corrected chi connectivity index (χ1v) is 20.5. The van der Waals surface area contributed by atoms with Crippen molar-refractivity contribution < 1.29 is 9.53 Å². The SMILES string of the molecule is C=C(CC(CCCCCCCCCC)CCCCCCCCC(=O)OCC(CCCCC)CCCCCC)C1CCN(C)CC1. The van der Waals surface area contributed by atoms with Crippen molar-refractivity contribution in [3.8, 4) is 0 Å². The van der Waals surface area contributed by atoms with Crippen LogP contribution in [0.5, 0.6) is 0 Å². The van der Waals surface area contributed by atoms with Gasteiger partial charge in [0.05, 0.1) is 6.61 Å². The van der Waals surface area contributed by atoms with E-state index in [1.165, 1.54) is 186 Å². The Bertz CT molecular complexity index is 668. The van der Waals surface area contributed by atoms with E-state index in [-0.39, 0.29) is 5.97 Å². The third kappa shape index (κ3) is 24.9. The summed E-state index contributed by atoms with van der Waals surface area (Å²) in [6, 6.07) is 0. The maximum atomic E-state index is 12.4. The summed E-state index contributed by atoms with van der Waals surface area (Å²) in [5.74, 6) is 2.20. The predicted octanol–water partition coefficient (Wildman–Crippen LogP) is 13.3. The lowest BCUT2D eigenvalue weighted by Gasteiger charge is -2.31. The molecule has 2 atom stereocenters. The molecule has 0 amide bonds. The van der Waals surface area contributed by atoms with Crippen LogP contribution < -0.4 is 0 Å². The molecule has 0 aromatic rings. The zero-order valence-corrected chi connectivity index (χ0v) is 31.3. The number of unbranched alkanes of at least 4 members (excludes halogenated alkanes) is 17. The topological polar surface area (TPSA) is 29.5 Å². The summed E-state index contributed by atoms with van der Waals surface area (Å²) in [7, 11) is 2.26. The van der Waals surface area contributed by atoms with Crippen molar-refractivity contribution in [1.82, 2.24) is 4.90 Å². The number of esters is 1. The van der Waals surface area contributed by atoms with Gasteiger partial charge in [-0.2, -0.15) is 0 Å². The lowest BCUT2D eigenvalue weighted by Crippen LogP contribution is -2.31. The lowest BCUT2D eigenvalue weighted by molar-refractivity contribution is -0.145. The Labute approximate surface area is 283 Å². The highest BCUT2D eigenvalue weighted by atomic mass is 16.5. The number of likely N-dealkylation sites (tertiary alicyclic amines) is 1. The maximum Gasteiger partial charge on any atom is 0.305 e. The molecule has 0 radical (unpaired) electrons. The van der Waals surface area contributed by atoms with Gasteiger partial charge in [0.25, 0.3) is 0 Å². The third-order valence-electron chi connectivity index (χ3n) is 10.7. The standard InChI is InChI=1S/C42H81NO2/c1-6-9-12-14-15-16-19-24-27-39(36-38(4)41-32-34-43(5)35-33-41)28-25-20-17-18-21-26-31-42(44)45-37-40(29-22-11-8-3)30-23-13-10-7-2/h39-41H,4,6-37H2,1-3,5H3. The quantitative estimate of drug-likeness (QED) is 0.0420. The molecule has 3 heteroatoms. The largest absolute Gasteiger partial charge is 0.465 e. The first-order chi connectivity index (χ1) is 22.0. The average Bonchev–Trinajstić information content (AvgIpc) is 3.04. The summed E-state index contributed by atoms with van der Waals surface area (Å²) in [5, 5.41) is 0. The normalized spacial score (nSPS) is 15.7. The number of carbonyl (C=O) groups is 1. The van der Waals surface area contributed by atoms with Crippen LogP contribution >= 0.6 is 0 Å². The summed E-state index contributed by atoms with van der Waals surface area (Å²) >= 11 is 0. The van der Waals surface area contributed by atoms with Crippen LogP contribution in [-0.2, 0) is 9.53 Å². The van der Waals surface area contributed by atoms with Crippen molar-refractivity contribution in [2.24, 2.45) is 17.8 Å². The highest BCUT2D eigenvalue weighted by molar-refractivity contribution is 5.69. The van der Waals surface area contributed by atoms with E-state index in [1.807, 2.05) is 0 Å². The van der Waals surface area contributed by atoms with E-state index in [9.17, 15) is 4.79 Å². The summed E-state index contributed by atoms with van der Waals surface area (Å²) in [4.78, 5) is 14.9. The molecule has 0 N–H and O–H groups in total. The van der Waals surface area contributed by atoms with Crippen molar-refractivity contribution in [1.29, 1.82) is 0 Å². The molecule has 45 heavy (non-hydrogen) atoms. The zero-order chi connectivity index (χ0) is 32.8. The first-order valence-electron chi connectivity index (χ1n) is 20.5. The van der Waals surface area contributed by atoms with Gasteiger partial charge in [-0.1, -0.05) is 174 Å². The predicted molar refractivity (Wildman–Crippen MR) is 199 cm³/mol. The molecule has 0 saturated carbocycles. The van der Waals surface area contributed by atoms with Crippen LogP contribution in [0.1, 0.15) is 207 Å². The number of hydrogen-bond donors (Lipinski definition) is 0. The molecule has 1 heterocycles. The molecule has 1 aliphatic rings. The van der Waals surface area contributed by atoms with Gasteiger partial charge in [0, 0.05) is 6.42 Å². The van der Waals surface area contributed by atoms with Gasteiger partial charge in [-0.25, -0.2) is 0 Å². The van der Waals surface area contributed by atoms with Gasteiger partial charge in [0.1, 0.15) is 0 Å². The van der Waals surface area contributed by atoms with Crippen molar-refractivity contribution >= 4 is 5.97 Å². The number of rotatable bonds is 32. The summed E-state index contributed by atoms with van der Waals surface area (Å²) in [6.45, 7) is 14.6. The van der Waals surface area contributed by atoms with Crippen LogP contribution in [0.3, 0.4) is 0 Å². The fourth-order valence-electron chi connectivity index (χ4n) is 7.42. The monoisotopic (exact) mass is 632 g/mol. The maximum absolute atomic E-state index is 12.4. The second kappa shape index (κ2) is 30.5. The Morgan fingerprint density at radius 3 is 1.56 bits per heavy atom. The molecule has 1 rings (SSSR count). The fourth-order valence-corrected chi connectivity index (χ4v) is 7.42. The van der Waals surface area contributed by atoms with Crippen LogP contribution in [0.4, 0.5) is 0 Å². The number of ether oxygens (including phenoxy) is 1. The van der Waals surface area contributed by atoms with E-state index in [1.54, 1.807) is 5.57 Å². The number of piperidine rings is 1. The summed E-state index contributed by atoms with van der Waals surface area (Å²) in [5.41, 5.74) is 1.56. The lowest BCUT2D eigenvalue weighted by atomic mass is 9.81. The van der Waals surface area contributed by atoms with Gasteiger partial charge < -0.3 is 9.64 Å². The van der Waals surface area contributed by atoms with Gasteiger partial charge in [-0.3, -0.25) is 4.79 Å². The zero-order valence-electron chi connectivity index (χ0n) is 31.3. The van der Waals surface area contributed by atoms with Crippen LogP contribution in [-0.4, -0.2) is 37.6 Å². The van der Waals surface area contributed by atoms with Crippen LogP contribution in [0.2, 0.25) is 0 Å². The first kappa shape index (κ1) is 42.2. The molecule has 0 aromatic carbocycles. The van der Waals surface area contributed by atoms with Crippen molar-refractivity contribution in [2.45, 2.75) is 207 Å². The van der Waals surface area contributed by atoms with E-state index in [4.69, 9.17) is 4.74 Å². The fraction of sp³-hybridized carbons (Fsp3) is 0.929. The molecule has 0 bridgehead atoms. The van der Waals surface area contributed by atoms with E-state index in [0.29, 0.717) is 18.9 Å². The van der Waals surface area contributed by atoms with Gasteiger partial charge in [-0.15, -0.1) is 0 Å². The number of allylic oxidation sites excluding steroid dienone is 1. The van der Waals surface area contributed by atoms with Gasteiger partial charge in [0.15, 0.2) is 0 Å². The molecule has 0 aliphatic carbocycles.